The maximum absolute atomic E-state index is 12.8. The highest BCUT2D eigenvalue weighted by atomic mass is 16.6. The number of hydrogen-bond acceptors (Lipinski definition) is 4. The molecule has 2 bridgehead atoms. The van der Waals surface area contributed by atoms with Crippen LogP contribution < -0.4 is 5.32 Å². The van der Waals surface area contributed by atoms with E-state index >= 15 is 0 Å². The molecule has 3 saturated heterocycles. The summed E-state index contributed by atoms with van der Waals surface area (Å²) in [4.78, 5) is 39.7. The standard InChI is InChI=1S/C20H30N2O4/c1-19-13-20-12-14(26-17(20)24)10-8-6-4-2-3-5-7-9-11-22(15(19)20)18(25)21-16(19)23/h14-15H,2-13H2,1H3,(H,21,23,25)/t14-,15-,19-,20+/m1/s1. The molecule has 6 heteroatoms. The van der Waals surface area contributed by atoms with Gasteiger partial charge in [-0.3, -0.25) is 14.9 Å². The molecule has 144 valence electrons. The van der Waals surface area contributed by atoms with Crippen LogP contribution in [-0.2, 0) is 14.3 Å². The Labute approximate surface area is 155 Å². The fourth-order valence-electron chi connectivity index (χ4n) is 5.88. The van der Waals surface area contributed by atoms with Crippen LogP contribution in [0.3, 0.4) is 0 Å². The molecule has 4 fully saturated rings. The van der Waals surface area contributed by atoms with E-state index in [1.165, 1.54) is 32.1 Å². The van der Waals surface area contributed by atoms with Crippen LogP contribution in [0, 0.1) is 10.8 Å². The number of nitrogens with zero attached hydrogens (tertiary/aromatic N) is 1. The molecule has 6 nitrogen and oxygen atoms in total. The minimum Gasteiger partial charge on any atom is -0.462 e. The largest absolute Gasteiger partial charge is 0.462 e. The van der Waals surface area contributed by atoms with Crippen molar-refractivity contribution in [3.63, 3.8) is 0 Å². The lowest BCUT2D eigenvalue weighted by atomic mass is 9.47. The molecular formula is C20H30N2O4. The molecule has 1 aliphatic carbocycles. The Kier molecular flexibility index (Phi) is 4.48. The SMILES string of the molecule is C[C@]12C[C@@]34C[C@@H](CCCCCCCCCCN(C(=O)NC1=O)[C@@H]32)OC4=O. The van der Waals surface area contributed by atoms with Gasteiger partial charge in [0, 0.05) is 13.0 Å². The van der Waals surface area contributed by atoms with Crippen molar-refractivity contribution in [3.05, 3.63) is 0 Å². The minimum atomic E-state index is -0.674. The molecule has 4 aliphatic rings. The molecule has 3 aliphatic heterocycles. The van der Waals surface area contributed by atoms with E-state index in [-0.39, 0.29) is 30.1 Å². The average molecular weight is 362 g/mol. The second-order valence-electron chi connectivity index (χ2n) is 8.95. The number of carbonyl (C=O) groups excluding carboxylic acids is 3. The van der Waals surface area contributed by atoms with E-state index in [0.29, 0.717) is 19.4 Å². The van der Waals surface area contributed by atoms with Gasteiger partial charge < -0.3 is 9.64 Å². The van der Waals surface area contributed by atoms with Crippen LogP contribution in [0.4, 0.5) is 4.79 Å². The molecule has 4 atom stereocenters. The highest BCUT2D eigenvalue weighted by Gasteiger charge is 2.75. The molecule has 3 heterocycles. The van der Waals surface area contributed by atoms with Crippen molar-refractivity contribution in [3.8, 4) is 0 Å². The third-order valence-electron chi connectivity index (χ3n) is 7.07. The topological polar surface area (TPSA) is 75.7 Å². The second-order valence-corrected chi connectivity index (χ2v) is 8.95. The number of nitrogens with one attached hydrogen (secondary N) is 1. The quantitative estimate of drug-likeness (QED) is 0.672. The monoisotopic (exact) mass is 362 g/mol. The Hall–Kier alpha value is -1.59. The first-order valence-corrected chi connectivity index (χ1v) is 10.3. The molecule has 1 saturated carbocycles. The summed E-state index contributed by atoms with van der Waals surface area (Å²) >= 11 is 0. The van der Waals surface area contributed by atoms with Gasteiger partial charge in [-0.1, -0.05) is 38.5 Å². The number of urea groups is 1. The predicted molar refractivity (Wildman–Crippen MR) is 95.2 cm³/mol. The Balaban J connectivity index is 1.61. The van der Waals surface area contributed by atoms with Crippen LogP contribution in [0.5, 0.6) is 0 Å². The Morgan fingerprint density at radius 1 is 1.00 bits per heavy atom. The Morgan fingerprint density at radius 3 is 2.38 bits per heavy atom. The summed E-state index contributed by atoms with van der Waals surface area (Å²) in [6, 6.07) is -0.684. The maximum atomic E-state index is 12.8. The molecular weight excluding hydrogens is 332 g/mol. The van der Waals surface area contributed by atoms with Gasteiger partial charge in [-0.15, -0.1) is 0 Å². The van der Waals surface area contributed by atoms with Crippen LogP contribution >= 0.6 is 0 Å². The molecule has 3 amide bonds. The number of amides is 3. The van der Waals surface area contributed by atoms with Crippen molar-refractivity contribution in [2.45, 2.75) is 89.7 Å². The summed E-state index contributed by atoms with van der Waals surface area (Å²) in [6.45, 7) is 2.51. The minimum absolute atomic E-state index is 0.0564. The van der Waals surface area contributed by atoms with E-state index in [1.54, 1.807) is 4.90 Å². The van der Waals surface area contributed by atoms with Gasteiger partial charge in [-0.25, -0.2) is 4.79 Å². The van der Waals surface area contributed by atoms with Gasteiger partial charge in [-0.2, -0.15) is 0 Å². The molecule has 0 aromatic heterocycles. The van der Waals surface area contributed by atoms with Crippen LogP contribution in [0.1, 0.15) is 77.6 Å². The van der Waals surface area contributed by atoms with Gasteiger partial charge in [-0.05, 0) is 32.6 Å². The number of ether oxygens (including phenoxy) is 1. The van der Waals surface area contributed by atoms with E-state index in [4.69, 9.17) is 4.74 Å². The fraction of sp³-hybridized carbons (Fsp3) is 0.850. The lowest BCUT2D eigenvalue weighted by molar-refractivity contribution is -0.183. The third kappa shape index (κ3) is 2.64. The van der Waals surface area contributed by atoms with Gasteiger partial charge in [0.05, 0.1) is 16.9 Å². The van der Waals surface area contributed by atoms with Crippen molar-refractivity contribution in [1.29, 1.82) is 0 Å². The van der Waals surface area contributed by atoms with E-state index in [0.717, 1.165) is 25.7 Å². The van der Waals surface area contributed by atoms with Crippen LogP contribution in [0.25, 0.3) is 0 Å². The van der Waals surface area contributed by atoms with E-state index in [9.17, 15) is 14.4 Å². The van der Waals surface area contributed by atoms with Crippen molar-refractivity contribution in [2.24, 2.45) is 10.8 Å². The molecule has 0 radical (unpaired) electrons. The molecule has 0 unspecified atom stereocenters. The predicted octanol–water partition coefficient (Wildman–Crippen LogP) is 3.14. The van der Waals surface area contributed by atoms with E-state index in [1.807, 2.05) is 6.92 Å². The lowest BCUT2D eigenvalue weighted by Crippen LogP contribution is -2.78. The summed E-state index contributed by atoms with van der Waals surface area (Å²) in [5, 5.41) is 2.52. The first-order chi connectivity index (χ1) is 12.5. The highest BCUT2D eigenvalue weighted by molar-refractivity contribution is 6.03. The zero-order valence-electron chi connectivity index (χ0n) is 15.7. The number of rotatable bonds is 0. The molecule has 4 rings (SSSR count). The summed E-state index contributed by atoms with van der Waals surface area (Å²) in [6.07, 6.45) is 11.2. The fourth-order valence-corrected chi connectivity index (χ4v) is 5.88. The number of fused-ring (bicyclic) bond motifs is 1. The van der Waals surface area contributed by atoms with Crippen LogP contribution in [-0.4, -0.2) is 41.5 Å². The van der Waals surface area contributed by atoms with Gasteiger partial charge >= 0.3 is 12.0 Å². The highest BCUT2D eigenvalue weighted by Crippen LogP contribution is 2.63. The Morgan fingerprint density at radius 2 is 1.65 bits per heavy atom. The molecule has 1 N–H and O–H groups in total. The van der Waals surface area contributed by atoms with E-state index < -0.39 is 10.8 Å². The van der Waals surface area contributed by atoms with Crippen molar-refractivity contribution in [2.75, 3.05) is 6.54 Å². The zero-order chi connectivity index (χ0) is 18.4. The summed E-state index contributed by atoms with van der Waals surface area (Å²) in [7, 11) is 0. The van der Waals surface area contributed by atoms with Crippen molar-refractivity contribution in [1.82, 2.24) is 10.2 Å². The van der Waals surface area contributed by atoms with E-state index in [2.05, 4.69) is 5.32 Å². The van der Waals surface area contributed by atoms with Gasteiger partial charge in [0.15, 0.2) is 0 Å². The molecule has 1 spiro atoms. The van der Waals surface area contributed by atoms with Crippen LogP contribution in [0.15, 0.2) is 0 Å². The Bertz CT molecular complexity index is 621. The zero-order valence-corrected chi connectivity index (χ0v) is 15.7. The maximum Gasteiger partial charge on any atom is 0.324 e. The smallest absolute Gasteiger partial charge is 0.324 e. The van der Waals surface area contributed by atoms with Gasteiger partial charge in [0.1, 0.15) is 6.10 Å². The second kappa shape index (κ2) is 6.54. The first kappa shape index (κ1) is 17.8. The number of imide groups is 1. The normalized spacial score (nSPS) is 41.3. The third-order valence-corrected chi connectivity index (χ3v) is 7.07. The number of hydrogen-bond donors (Lipinski definition) is 1. The van der Waals surface area contributed by atoms with Crippen molar-refractivity contribution >= 4 is 17.9 Å². The summed E-state index contributed by atoms with van der Waals surface area (Å²) in [5.74, 6) is -0.423. The summed E-state index contributed by atoms with van der Waals surface area (Å²) in [5.41, 5.74) is -1.34. The first-order valence-electron chi connectivity index (χ1n) is 10.3. The van der Waals surface area contributed by atoms with Crippen LogP contribution in [0.2, 0.25) is 0 Å². The molecule has 26 heavy (non-hydrogen) atoms. The van der Waals surface area contributed by atoms with Gasteiger partial charge in [0.2, 0.25) is 5.91 Å². The number of esters is 1. The summed E-state index contributed by atoms with van der Waals surface area (Å²) < 4.78 is 5.72. The number of carbonyl (C=O) groups is 3. The van der Waals surface area contributed by atoms with Gasteiger partial charge in [0.25, 0.3) is 0 Å². The molecule has 0 aromatic rings. The lowest BCUT2D eigenvalue weighted by Gasteiger charge is -2.62. The molecule has 0 aromatic carbocycles. The average Bonchev–Trinajstić information content (AvgIpc) is 2.90. The van der Waals surface area contributed by atoms with Crippen molar-refractivity contribution < 1.29 is 19.1 Å².